The van der Waals surface area contributed by atoms with Crippen LogP contribution in [0.4, 0.5) is 5.69 Å². The molecule has 1 aromatic rings. The third-order valence-electron chi connectivity index (χ3n) is 4.66. The zero-order valence-corrected chi connectivity index (χ0v) is 17.5. The summed E-state index contributed by atoms with van der Waals surface area (Å²) < 4.78 is 32.2. The smallest absolute Gasteiger partial charge is 0.338 e. The minimum atomic E-state index is -3.53. The van der Waals surface area contributed by atoms with Gasteiger partial charge in [-0.2, -0.15) is 17.0 Å². The molecule has 0 aromatic heterocycles. The third-order valence-corrected chi connectivity index (χ3v) is 6.57. The molecule has 1 N–H and O–H groups in total. The molecule has 2 rings (SSSR count). The molecule has 0 saturated carbocycles. The quantitative estimate of drug-likeness (QED) is 0.522. The maximum absolute atomic E-state index is 12.6. The molecule has 0 bridgehead atoms. The van der Waals surface area contributed by atoms with Crippen LogP contribution in [0.3, 0.4) is 0 Å². The zero-order valence-electron chi connectivity index (χ0n) is 16.7. The second kappa shape index (κ2) is 9.99. The first kappa shape index (κ1) is 22.3. The number of nitrogens with zero attached hydrogens (tertiary/aromatic N) is 2. The van der Waals surface area contributed by atoms with Crippen LogP contribution >= 0.6 is 0 Å². The first-order chi connectivity index (χ1) is 13.3. The van der Waals surface area contributed by atoms with E-state index in [1.807, 2.05) is 6.92 Å². The normalized spacial score (nSPS) is 18.1. The van der Waals surface area contributed by atoms with Crippen LogP contribution in [0.1, 0.15) is 43.0 Å². The standard InChI is InChI=1S/C19H29N3O5S/c1-4-5-13-27-19(24)15-8-10-17(11-9-15)20-18(23)16-7-6-12-22(14-16)28(25,26)21(2)3/h8-11,16H,4-7,12-14H2,1-3H3,(H,20,23)/t16-/m0/s1. The molecule has 1 aliphatic heterocycles. The topological polar surface area (TPSA) is 96.0 Å². The first-order valence-corrected chi connectivity index (χ1v) is 10.9. The van der Waals surface area contributed by atoms with Gasteiger partial charge in [0.1, 0.15) is 0 Å². The van der Waals surface area contributed by atoms with Gasteiger partial charge in [0.25, 0.3) is 10.2 Å². The highest BCUT2D eigenvalue weighted by molar-refractivity contribution is 7.86. The van der Waals surface area contributed by atoms with Crippen molar-refractivity contribution >= 4 is 27.8 Å². The van der Waals surface area contributed by atoms with Gasteiger partial charge in [-0.1, -0.05) is 13.3 Å². The van der Waals surface area contributed by atoms with Crippen molar-refractivity contribution in [3.05, 3.63) is 29.8 Å². The Labute approximate surface area is 167 Å². The molecule has 1 fully saturated rings. The van der Waals surface area contributed by atoms with Crippen molar-refractivity contribution in [2.24, 2.45) is 5.92 Å². The molecule has 1 atom stereocenters. The van der Waals surface area contributed by atoms with Gasteiger partial charge in [0.2, 0.25) is 5.91 Å². The van der Waals surface area contributed by atoms with Gasteiger partial charge < -0.3 is 10.1 Å². The van der Waals surface area contributed by atoms with E-state index in [-0.39, 0.29) is 18.4 Å². The highest BCUT2D eigenvalue weighted by Gasteiger charge is 2.33. The fourth-order valence-corrected chi connectivity index (χ4v) is 4.11. The van der Waals surface area contributed by atoms with Crippen molar-refractivity contribution in [3.63, 3.8) is 0 Å². The summed E-state index contributed by atoms with van der Waals surface area (Å²) in [5.74, 6) is -1.03. The average Bonchev–Trinajstić information content (AvgIpc) is 2.68. The molecule has 1 saturated heterocycles. The Hall–Kier alpha value is -1.97. The highest BCUT2D eigenvalue weighted by Crippen LogP contribution is 2.22. The summed E-state index contributed by atoms with van der Waals surface area (Å²) in [4.78, 5) is 24.5. The molecule has 1 aromatic carbocycles. The number of anilines is 1. The fourth-order valence-electron chi connectivity index (χ4n) is 2.92. The fraction of sp³-hybridized carbons (Fsp3) is 0.579. The Morgan fingerprint density at radius 2 is 1.93 bits per heavy atom. The molecule has 0 aliphatic carbocycles. The predicted molar refractivity (Wildman–Crippen MR) is 107 cm³/mol. The van der Waals surface area contributed by atoms with Gasteiger partial charge >= 0.3 is 5.97 Å². The van der Waals surface area contributed by atoms with Crippen LogP contribution in [0.2, 0.25) is 0 Å². The van der Waals surface area contributed by atoms with Gasteiger partial charge in [0.15, 0.2) is 0 Å². The van der Waals surface area contributed by atoms with E-state index in [9.17, 15) is 18.0 Å². The molecule has 8 nitrogen and oxygen atoms in total. The molecule has 156 valence electrons. The van der Waals surface area contributed by atoms with E-state index >= 15 is 0 Å². The number of hydrogen-bond donors (Lipinski definition) is 1. The second-order valence-electron chi connectivity index (χ2n) is 7.04. The van der Waals surface area contributed by atoms with Gasteiger partial charge in [-0.3, -0.25) is 4.79 Å². The number of unbranched alkanes of at least 4 members (excludes halogenated alkanes) is 1. The summed E-state index contributed by atoms with van der Waals surface area (Å²) >= 11 is 0. The van der Waals surface area contributed by atoms with Crippen molar-refractivity contribution in [1.82, 2.24) is 8.61 Å². The number of hydrogen-bond acceptors (Lipinski definition) is 5. The monoisotopic (exact) mass is 411 g/mol. The van der Waals surface area contributed by atoms with Crippen LogP contribution in [-0.4, -0.2) is 62.7 Å². The predicted octanol–water partition coefficient (Wildman–Crippen LogP) is 2.10. The van der Waals surface area contributed by atoms with Crippen molar-refractivity contribution in [2.45, 2.75) is 32.6 Å². The molecule has 1 amide bonds. The van der Waals surface area contributed by atoms with Gasteiger partial charge in [0, 0.05) is 32.9 Å². The third kappa shape index (κ3) is 5.76. The van der Waals surface area contributed by atoms with E-state index in [0.717, 1.165) is 17.1 Å². The number of ether oxygens (including phenoxy) is 1. The number of amides is 1. The van der Waals surface area contributed by atoms with Crippen LogP contribution in [0.15, 0.2) is 24.3 Å². The summed E-state index contributed by atoms with van der Waals surface area (Å²) in [6.07, 6.45) is 3.04. The maximum atomic E-state index is 12.6. The summed E-state index contributed by atoms with van der Waals surface area (Å²) in [6, 6.07) is 6.50. The Morgan fingerprint density at radius 1 is 1.25 bits per heavy atom. The van der Waals surface area contributed by atoms with Crippen molar-refractivity contribution in [1.29, 1.82) is 0 Å². The highest BCUT2D eigenvalue weighted by atomic mass is 32.2. The van der Waals surface area contributed by atoms with Crippen LogP contribution in [-0.2, 0) is 19.7 Å². The van der Waals surface area contributed by atoms with Crippen LogP contribution < -0.4 is 5.32 Å². The van der Waals surface area contributed by atoms with E-state index in [1.165, 1.54) is 18.4 Å². The van der Waals surface area contributed by atoms with Crippen molar-refractivity contribution in [3.8, 4) is 0 Å². The van der Waals surface area contributed by atoms with E-state index in [4.69, 9.17) is 4.74 Å². The number of rotatable bonds is 8. The summed E-state index contributed by atoms with van der Waals surface area (Å²) in [6.45, 7) is 2.99. The zero-order chi connectivity index (χ0) is 20.7. The Kier molecular flexibility index (Phi) is 7.97. The molecule has 9 heteroatoms. The minimum Gasteiger partial charge on any atom is -0.462 e. The summed E-state index contributed by atoms with van der Waals surface area (Å²) in [7, 11) is -0.569. The summed E-state index contributed by atoms with van der Waals surface area (Å²) in [5.41, 5.74) is 0.984. The molecule has 0 unspecified atom stereocenters. The second-order valence-corrected chi connectivity index (χ2v) is 9.19. The van der Waals surface area contributed by atoms with E-state index in [2.05, 4.69) is 5.32 Å². The minimum absolute atomic E-state index is 0.161. The molecular weight excluding hydrogens is 382 g/mol. The first-order valence-electron chi connectivity index (χ1n) is 9.51. The lowest BCUT2D eigenvalue weighted by Gasteiger charge is -2.32. The molecule has 1 aliphatic rings. The molecule has 0 radical (unpaired) electrons. The molecule has 0 spiro atoms. The SMILES string of the molecule is CCCCOC(=O)c1ccc(NC(=O)[C@H]2CCCN(S(=O)(=O)N(C)C)C2)cc1. The number of esters is 1. The number of benzene rings is 1. The van der Waals surface area contributed by atoms with Crippen LogP contribution in [0.25, 0.3) is 0 Å². The molecule has 1 heterocycles. The summed E-state index contributed by atoms with van der Waals surface area (Å²) in [5, 5.41) is 2.81. The Morgan fingerprint density at radius 3 is 2.54 bits per heavy atom. The number of piperidine rings is 1. The maximum Gasteiger partial charge on any atom is 0.338 e. The van der Waals surface area contributed by atoms with E-state index < -0.39 is 16.1 Å². The van der Waals surface area contributed by atoms with Crippen LogP contribution in [0.5, 0.6) is 0 Å². The molecular formula is C19H29N3O5S. The lowest BCUT2D eigenvalue weighted by Crippen LogP contribution is -2.47. The van der Waals surface area contributed by atoms with Crippen LogP contribution in [0, 0.1) is 5.92 Å². The lowest BCUT2D eigenvalue weighted by molar-refractivity contribution is -0.120. The molecule has 28 heavy (non-hydrogen) atoms. The van der Waals surface area contributed by atoms with E-state index in [1.54, 1.807) is 24.3 Å². The number of nitrogens with one attached hydrogen (secondary N) is 1. The average molecular weight is 412 g/mol. The van der Waals surface area contributed by atoms with Crippen molar-refractivity contribution in [2.75, 3.05) is 39.1 Å². The number of carbonyl (C=O) groups excluding carboxylic acids is 2. The Bertz CT molecular complexity index is 777. The van der Waals surface area contributed by atoms with Gasteiger partial charge in [0.05, 0.1) is 18.1 Å². The van der Waals surface area contributed by atoms with Gasteiger partial charge in [-0.15, -0.1) is 0 Å². The largest absolute Gasteiger partial charge is 0.462 e. The number of carbonyl (C=O) groups is 2. The van der Waals surface area contributed by atoms with E-state index in [0.29, 0.717) is 37.2 Å². The lowest BCUT2D eigenvalue weighted by atomic mass is 9.98. The van der Waals surface area contributed by atoms with Gasteiger partial charge in [-0.05, 0) is 43.5 Å². The Balaban J connectivity index is 1.94. The van der Waals surface area contributed by atoms with Crippen molar-refractivity contribution < 1.29 is 22.7 Å². The van der Waals surface area contributed by atoms with Gasteiger partial charge in [-0.25, -0.2) is 4.79 Å².